The van der Waals surface area contributed by atoms with Gasteiger partial charge < -0.3 is 14.2 Å². The maximum absolute atomic E-state index is 13.3. The second-order valence-electron chi connectivity index (χ2n) is 7.92. The number of nitrogens with one attached hydrogen (secondary N) is 1. The van der Waals surface area contributed by atoms with E-state index in [0.717, 1.165) is 17.3 Å². The Morgan fingerprint density at radius 2 is 1.68 bits per heavy atom. The highest BCUT2D eigenvalue weighted by molar-refractivity contribution is 7.99. The lowest BCUT2D eigenvalue weighted by Gasteiger charge is -2.13. The lowest BCUT2D eigenvalue weighted by molar-refractivity contribution is -0.118. The minimum atomic E-state index is -0.362. The van der Waals surface area contributed by atoms with Gasteiger partial charge in [-0.3, -0.25) is 14.2 Å². The molecule has 0 aliphatic rings. The van der Waals surface area contributed by atoms with Crippen molar-refractivity contribution in [3.63, 3.8) is 0 Å². The van der Waals surface area contributed by atoms with Gasteiger partial charge in [0.25, 0.3) is 11.5 Å². The summed E-state index contributed by atoms with van der Waals surface area (Å²) in [6.45, 7) is 1.98. The highest BCUT2D eigenvalue weighted by Gasteiger charge is 2.15. The van der Waals surface area contributed by atoms with E-state index in [2.05, 4.69) is 15.5 Å². The van der Waals surface area contributed by atoms with E-state index >= 15 is 0 Å². The molecular weight excluding hydrogens is 492 g/mol. The Kier molecular flexibility index (Phi) is 8.09. The predicted octanol–water partition coefficient (Wildman–Crippen LogP) is 3.96. The molecule has 1 aromatic heterocycles. The fourth-order valence-corrected chi connectivity index (χ4v) is 4.43. The van der Waals surface area contributed by atoms with Crippen LogP contribution in [0.15, 0.2) is 75.7 Å². The van der Waals surface area contributed by atoms with Gasteiger partial charge >= 0.3 is 0 Å². The van der Waals surface area contributed by atoms with Crippen LogP contribution in [-0.2, 0) is 4.79 Å². The SMILES string of the molecule is COc1cc(OC)c(OC)cc1/C=N/NC(=O)CSc1nc2ccccc2c(=O)n1-c1ccc(C)cc1. The number of para-hydroxylation sites is 1. The van der Waals surface area contributed by atoms with Crippen molar-refractivity contribution in [2.24, 2.45) is 5.10 Å². The summed E-state index contributed by atoms with van der Waals surface area (Å²) in [5, 5.41) is 4.96. The summed E-state index contributed by atoms with van der Waals surface area (Å²) in [6, 6.07) is 18.1. The number of aryl methyl sites for hydroxylation is 1. The van der Waals surface area contributed by atoms with Crippen molar-refractivity contribution in [1.29, 1.82) is 0 Å². The largest absolute Gasteiger partial charge is 0.496 e. The number of benzene rings is 3. The lowest BCUT2D eigenvalue weighted by Crippen LogP contribution is -2.24. The summed E-state index contributed by atoms with van der Waals surface area (Å²) < 4.78 is 17.5. The Hall–Kier alpha value is -4.31. The predicted molar refractivity (Wildman–Crippen MR) is 145 cm³/mol. The average molecular weight is 519 g/mol. The van der Waals surface area contributed by atoms with Crippen molar-refractivity contribution in [2.75, 3.05) is 27.1 Å². The number of carbonyl (C=O) groups is 1. The molecule has 3 aromatic carbocycles. The van der Waals surface area contributed by atoms with Crippen LogP contribution >= 0.6 is 11.8 Å². The highest BCUT2D eigenvalue weighted by atomic mass is 32.2. The van der Waals surface area contributed by atoms with E-state index in [9.17, 15) is 9.59 Å². The number of carbonyl (C=O) groups excluding carboxylic acids is 1. The van der Waals surface area contributed by atoms with Crippen molar-refractivity contribution >= 4 is 34.8 Å². The molecule has 0 spiro atoms. The fraction of sp³-hybridized carbons (Fsp3) is 0.185. The molecule has 0 fully saturated rings. The van der Waals surface area contributed by atoms with Crippen LogP contribution in [0.4, 0.5) is 0 Å². The third-order valence-corrected chi connectivity index (χ3v) is 6.44. The van der Waals surface area contributed by atoms with Crippen molar-refractivity contribution in [3.8, 4) is 22.9 Å². The molecule has 0 aliphatic carbocycles. The minimum absolute atomic E-state index is 0.00293. The van der Waals surface area contributed by atoms with Crippen molar-refractivity contribution < 1.29 is 19.0 Å². The lowest BCUT2D eigenvalue weighted by atomic mass is 10.2. The van der Waals surface area contributed by atoms with Crippen LogP contribution in [0, 0.1) is 6.92 Å². The monoisotopic (exact) mass is 518 g/mol. The van der Waals surface area contributed by atoms with E-state index in [1.54, 1.807) is 30.3 Å². The van der Waals surface area contributed by atoms with Crippen LogP contribution in [0.5, 0.6) is 17.2 Å². The van der Waals surface area contributed by atoms with E-state index < -0.39 is 0 Å². The Labute approximate surface area is 218 Å². The van der Waals surface area contributed by atoms with Gasteiger partial charge in [-0.2, -0.15) is 5.10 Å². The first-order valence-corrected chi connectivity index (χ1v) is 12.3. The zero-order valence-corrected chi connectivity index (χ0v) is 21.7. The summed E-state index contributed by atoms with van der Waals surface area (Å²) >= 11 is 1.15. The second-order valence-corrected chi connectivity index (χ2v) is 8.86. The summed E-state index contributed by atoms with van der Waals surface area (Å²) in [4.78, 5) is 30.6. The van der Waals surface area contributed by atoms with E-state index in [0.29, 0.717) is 44.6 Å². The standard InChI is InChI=1S/C27H26N4O5S/c1-17-9-11-19(12-10-17)31-26(33)20-7-5-6-8-21(20)29-27(31)37-16-25(32)30-28-15-18-13-23(35-3)24(36-4)14-22(18)34-2/h5-15H,16H2,1-4H3,(H,30,32)/b28-15+. The molecule has 0 radical (unpaired) electrons. The van der Waals surface area contributed by atoms with E-state index in [4.69, 9.17) is 14.2 Å². The number of nitrogens with zero attached hydrogens (tertiary/aromatic N) is 3. The molecule has 1 heterocycles. The van der Waals surface area contributed by atoms with E-state index in [1.807, 2.05) is 37.3 Å². The zero-order chi connectivity index (χ0) is 26.4. The molecule has 9 nitrogen and oxygen atoms in total. The fourth-order valence-electron chi connectivity index (χ4n) is 3.62. The number of fused-ring (bicyclic) bond motifs is 1. The Morgan fingerprint density at radius 1 is 1.00 bits per heavy atom. The van der Waals surface area contributed by atoms with Crippen molar-refractivity contribution in [2.45, 2.75) is 12.1 Å². The normalized spacial score (nSPS) is 11.0. The van der Waals surface area contributed by atoms with Crippen LogP contribution in [0.2, 0.25) is 0 Å². The van der Waals surface area contributed by atoms with Crippen molar-refractivity contribution in [1.82, 2.24) is 15.0 Å². The molecule has 0 aliphatic heterocycles. The van der Waals surface area contributed by atoms with Gasteiger partial charge in [-0.15, -0.1) is 0 Å². The first kappa shape index (κ1) is 25.8. The molecule has 0 saturated heterocycles. The molecule has 0 saturated carbocycles. The number of methoxy groups -OCH3 is 3. The van der Waals surface area contributed by atoms with Gasteiger partial charge in [0.1, 0.15) is 5.75 Å². The third kappa shape index (κ3) is 5.75. The summed E-state index contributed by atoms with van der Waals surface area (Å²) in [5.74, 6) is 1.16. The van der Waals surface area contributed by atoms with Crippen LogP contribution < -0.4 is 25.2 Å². The number of aromatic nitrogens is 2. The van der Waals surface area contributed by atoms with Gasteiger partial charge in [-0.05, 0) is 37.3 Å². The van der Waals surface area contributed by atoms with Gasteiger partial charge in [0.05, 0.1) is 49.9 Å². The van der Waals surface area contributed by atoms with Crippen LogP contribution in [0.1, 0.15) is 11.1 Å². The summed E-state index contributed by atoms with van der Waals surface area (Å²) in [5.41, 5.74) is 5.22. The topological polar surface area (TPSA) is 104 Å². The molecule has 4 aromatic rings. The highest BCUT2D eigenvalue weighted by Crippen LogP contribution is 2.33. The Bertz CT molecular complexity index is 1520. The molecule has 1 amide bonds. The van der Waals surface area contributed by atoms with Gasteiger partial charge in [-0.1, -0.05) is 41.6 Å². The molecule has 4 rings (SSSR count). The first-order valence-electron chi connectivity index (χ1n) is 11.3. The molecule has 0 unspecified atom stereocenters. The molecule has 0 atom stereocenters. The molecular formula is C27H26N4O5S. The molecule has 0 bridgehead atoms. The molecule has 10 heteroatoms. The molecule has 37 heavy (non-hydrogen) atoms. The van der Waals surface area contributed by atoms with Gasteiger partial charge in [0.15, 0.2) is 16.7 Å². The maximum Gasteiger partial charge on any atom is 0.266 e. The first-order chi connectivity index (χ1) is 17.9. The summed E-state index contributed by atoms with van der Waals surface area (Å²) in [6.07, 6.45) is 1.46. The van der Waals surface area contributed by atoms with Crippen molar-refractivity contribution in [3.05, 3.63) is 82.1 Å². The quantitative estimate of drug-likeness (QED) is 0.155. The van der Waals surface area contributed by atoms with Crippen LogP contribution in [-0.4, -0.2) is 48.8 Å². The minimum Gasteiger partial charge on any atom is -0.496 e. The zero-order valence-electron chi connectivity index (χ0n) is 20.8. The Balaban J connectivity index is 1.54. The Morgan fingerprint density at radius 3 is 2.38 bits per heavy atom. The number of hydrazone groups is 1. The number of rotatable bonds is 9. The number of ether oxygens (including phenoxy) is 3. The molecule has 190 valence electrons. The number of hydrogen-bond acceptors (Lipinski definition) is 8. The van der Waals surface area contributed by atoms with Gasteiger partial charge in [0, 0.05) is 11.6 Å². The van der Waals surface area contributed by atoms with E-state index in [1.165, 1.54) is 32.1 Å². The smallest absolute Gasteiger partial charge is 0.266 e. The third-order valence-electron chi connectivity index (χ3n) is 5.50. The number of amides is 1. The van der Waals surface area contributed by atoms with Gasteiger partial charge in [-0.25, -0.2) is 10.4 Å². The maximum atomic E-state index is 13.3. The number of thioether (sulfide) groups is 1. The number of hydrogen-bond donors (Lipinski definition) is 1. The van der Waals surface area contributed by atoms with Crippen LogP contribution in [0.3, 0.4) is 0 Å². The van der Waals surface area contributed by atoms with E-state index in [-0.39, 0.29) is 17.2 Å². The molecule has 1 N–H and O–H groups in total. The van der Waals surface area contributed by atoms with Gasteiger partial charge in [0.2, 0.25) is 0 Å². The summed E-state index contributed by atoms with van der Waals surface area (Å²) in [7, 11) is 4.59. The second kappa shape index (κ2) is 11.6. The average Bonchev–Trinajstić information content (AvgIpc) is 2.92. The van der Waals surface area contributed by atoms with Crippen LogP contribution in [0.25, 0.3) is 16.6 Å².